The molecule has 6 atom stereocenters. The highest BCUT2D eigenvalue weighted by Gasteiger charge is 2.58. The Kier molecular flexibility index (Phi) is 5.72. The van der Waals surface area contributed by atoms with Gasteiger partial charge in [0.15, 0.2) is 0 Å². The highest BCUT2D eigenvalue weighted by molar-refractivity contribution is 6.07. The maximum atomic E-state index is 4.50. The van der Waals surface area contributed by atoms with E-state index in [0.29, 0.717) is 10.8 Å². The van der Waals surface area contributed by atoms with E-state index in [2.05, 4.69) is 43.0 Å². The lowest BCUT2D eigenvalue weighted by Gasteiger charge is -2.60. The smallest absolute Gasteiger partial charge is 0.0606 e. The summed E-state index contributed by atoms with van der Waals surface area (Å²) >= 11 is 4.50. The van der Waals surface area contributed by atoms with Crippen molar-refractivity contribution in [3.8, 4) is 0 Å². The van der Waals surface area contributed by atoms with Gasteiger partial charge in [0, 0.05) is 0 Å². The fraction of sp³-hybridized carbons (Fsp3) is 0.909. The van der Waals surface area contributed by atoms with Crippen LogP contribution in [0.2, 0.25) is 0 Å². The molecule has 0 radical (unpaired) electrons. The zero-order chi connectivity index (χ0) is 17.4. The molecule has 4 fully saturated rings. The third-order valence-corrected chi connectivity index (χ3v) is 8.78. The van der Waals surface area contributed by atoms with E-state index in [9.17, 15) is 0 Å². The molecule has 0 N–H and O–H groups in total. The lowest BCUT2D eigenvalue weighted by atomic mass is 9.45. The maximum absolute atomic E-state index is 4.50. The third kappa shape index (κ3) is 2.88. The van der Waals surface area contributed by atoms with E-state index >= 15 is 0 Å². The Bertz CT molecular complexity index is 473. The van der Waals surface area contributed by atoms with Gasteiger partial charge in [-0.3, -0.25) is 4.29 Å². The van der Waals surface area contributed by atoms with Gasteiger partial charge in [0.05, 0.1) is 19.0 Å². The van der Waals surface area contributed by atoms with Crippen molar-refractivity contribution in [2.24, 2.45) is 34.5 Å². The van der Waals surface area contributed by atoms with Crippen LogP contribution in [-0.2, 0) is 4.29 Å². The highest BCUT2D eigenvalue weighted by Crippen LogP contribution is 2.67. The van der Waals surface area contributed by atoms with E-state index < -0.39 is 0 Å². The summed E-state index contributed by atoms with van der Waals surface area (Å²) in [6, 6.07) is 0. The van der Waals surface area contributed by atoms with Gasteiger partial charge in [-0.05, 0) is 92.8 Å². The monoisotopic (exact) mass is 352 g/mol. The second-order valence-electron chi connectivity index (χ2n) is 9.37. The molecule has 4 saturated carbocycles. The number of hydrogen-bond donors (Lipinski definition) is 0. The van der Waals surface area contributed by atoms with Gasteiger partial charge < -0.3 is 0 Å². The fourth-order valence-electron chi connectivity index (χ4n) is 7.62. The molecule has 138 valence electrons. The molecule has 24 heavy (non-hydrogen) atoms. The summed E-state index contributed by atoms with van der Waals surface area (Å²) in [5.74, 6) is 4.20. The number of halogens is 1. The second kappa shape index (κ2) is 7.31. The first kappa shape index (κ1) is 18.8. The first-order chi connectivity index (χ1) is 11.5. The zero-order valence-electron chi connectivity index (χ0n) is 16.2. The molecule has 0 aromatic heterocycles. The lowest BCUT2D eigenvalue weighted by molar-refractivity contribution is -0.0972. The molecule has 2 heteroatoms. The van der Waals surface area contributed by atoms with Crippen molar-refractivity contribution in [3.05, 3.63) is 11.6 Å². The van der Waals surface area contributed by atoms with E-state index in [1.807, 2.05) is 5.57 Å². The van der Waals surface area contributed by atoms with Gasteiger partial charge in [0.25, 0.3) is 0 Å². The van der Waals surface area contributed by atoms with E-state index in [-0.39, 0.29) is 0 Å². The van der Waals surface area contributed by atoms with E-state index in [1.54, 1.807) is 25.7 Å². The van der Waals surface area contributed by atoms with Crippen LogP contribution in [0.3, 0.4) is 0 Å². The third-order valence-electron chi connectivity index (χ3n) is 8.78. The van der Waals surface area contributed by atoms with Crippen LogP contribution in [0.4, 0.5) is 0 Å². The summed E-state index contributed by atoms with van der Waals surface area (Å²) in [7, 11) is 1.39. The van der Waals surface area contributed by atoms with Gasteiger partial charge in [0.2, 0.25) is 0 Å². The van der Waals surface area contributed by atoms with Crippen molar-refractivity contribution in [2.75, 3.05) is 7.11 Å². The van der Waals surface area contributed by atoms with Gasteiger partial charge in [-0.2, -0.15) is 0 Å². The molecular weight excluding hydrogens is 316 g/mol. The predicted octanol–water partition coefficient (Wildman–Crippen LogP) is 7.15. The summed E-state index contributed by atoms with van der Waals surface area (Å²) in [5, 5.41) is 0. The van der Waals surface area contributed by atoms with Gasteiger partial charge in [0.1, 0.15) is 0 Å². The van der Waals surface area contributed by atoms with Crippen LogP contribution in [0.5, 0.6) is 0 Å². The Labute approximate surface area is 154 Å². The summed E-state index contributed by atoms with van der Waals surface area (Å²) < 4.78 is 3.72. The molecule has 0 aromatic rings. The Morgan fingerprint density at radius 3 is 2.46 bits per heavy atom. The van der Waals surface area contributed by atoms with Crippen molar-refractivity contribution >= 4 is 11.9 Å². The molecule has 4 rings (SSSR count). The summed E-state index contributed by atoms with van der Waals surface area (Å²) in [5.41, 5.74) is 3.09. The van der Waals surface area contributed by atoms with Crippen molar-refractivity contribution in [3.63, 3.8) is 0 Å². The van der Waals surface area contributed by atoms with Crippen LogP contribution in [0.15, 0.2) is 11.6 Å². The number of hydrogen-bond acceptors (Lipinski definition) is 1. The first-order valence-electron chi connectivity index (χ1n) is 10.3. The number of fused-ring (bicyclic) bond motifs is 5. The molecule has 0 amide bonds. The van der Waals surface area contributed by atoms with Crippen molar-refractivity contribution in [2.45, 2.75) is 85.0 Å². The van der Waals surface area contributed by atoms with Crippen molar-refractivity contribution < 1.29 is 4.29 Å². The molecule has 0 saturated heterocycles. The molecule has 0 aromatic carbocycles. The Hall–Kier alpha value is -0.0100. The average Bonchev–Trinajstić information content (AvgIpc) is 2.91. The summed E-state index contributed by atoms with van der Waals surface area (Å²) in [6.07, 6.45) is 17.6. The molecule has 0 aliphatic heterocycles. The van der Waals surface area contributed by atoms with Crippen LogP contribution in [-0.4, -0.2) is 7.11 Å². The topological polar surface area (TPSA) is 9.23 Å². The average molecular weight is 353 g/mol. The minimum atomic E-state index is 0.577. The van der Waals surface area contributed by atoms with Gasteiger partial charge in [-0.15, -0.1) is 0 Å². The van der Waals surface area contributed by atoms with Crippen LogP contribution >= 0.6 is 11.9 Å². The quantitative estimate of drug-likeness (QED) is 0.420. The lowest BCUT2D eigenvalue weighted by Crippen LogP contribution is -2.52. The molecule has 0 spiro atoms. The highest BCUT2D eigenvalue weighted by atomic mass is 35.5. The Balaban J connectivity index is 0.000000526. The Morgan fingerprint density at radius 2 is 1.75 bits per heavy atom. The first-order valence-corrected chi connectivity index (χ1v) is 10.6. The molecule has 4 aliphatic carbocycles. The molecule has 0 heterocycles. The second-order valence-corrected chi connectivity index (χ2v) is 9.67. The van der Waals surface area contributed by atoms with Gasteiger partial charge in [-0.25, -0.2) is 0 Å². The summed E-state index contributed by atoms with van der Waals surface area (Å²) in [6.45, 7) is 7.60. The van der Waals surface area contributed by atoms with Crippen molar-refractivity contribution in [1.82, 2.24) is 0 Å². The van der Waals surface area contributed by atoms with Crippen molar-refractivity contribution in [1.29, 1.82) is 0 Å². The summed E-state index contributed by atoms with van der Waals surface area (Å²) in [4.78, 5) is 0. The normalized spacial score (nSPS) is 48.8. The minimum absolute atomic E-state index is 0.577. The predicted molar refractivity (Wildman–Crippen MR) is 103 cm³/mol. The van der Waals surface area contributed by atoms with E-state index in [4.69, 9.17) is 0 Å². The number of allylic oxidation sites excluding steroid dienone is 2. The zero-order valence-corrected chi connectivity index (χ0v) is 17.0. The van der Waals surface area contributed by atoms with E-state index in [1.165, 1.54) is 45.6 Å². The standard InChI is InChI=1S/C21H34.CH3ClO/c1-4-15-9-11-18-17-10-8-16-7-5-6-13-20(16,2)19(17)12-14-21(15,18)3;1-3-2/h4,16-19H,5-14H2,1-3H3;1H3/b15-4+;. The van der Waals surface area contributed by atoms with Crippen LogP contribution in [0, 0.1) is 34.5 Å². The van der Waals surface area contributed by atoms with E-state index in [0.717, 1.165) is 23.7 Å². The number of rotatable bonds is 0. The van der Waals surface area contributed by atoms with Crippen LogP contribution < -0.4 is 0 Å². The minimum Gasteiger partial charge on any atom is -0.283 e. The SMILES string of the molecule is C/C=C1\CCC2C3CCC4CCCCC4(C)C3CCC12C.COCl. The van der Waals surface area contributed by atoms with Gasteiger partial charge >= 0.3 is 0 Å². The largest absolute Gasteiger partial charge is 0.283 e. The molecule has 1 nitrogen and oxygen atoms in total. The fourth-order valence-corrected chi connectivity index (χ4v) is 7.62. The van der Waals surface area contributed by atoms with Crippen LogP contribution in [0.1, 0.15) is 85.0 Å². The van der Waals surface area contributed by atoms with Gasteiger partial charge in [-0.1, -0.05) is 38.3 Å². The van der Waals surface area contributed by atoms with Crippen LogP contribution in [0.25, 0.3) is 0 Å². The molecule has 4 aliphatic rings. The maximum Gasteiger partial charge on any atom is 0.0606 e. The Morgan fingerprint density at radius 1 is 1.00 bits per heavy atom. The molecule has 0 bridgehead atoms. The molecule has 6 unspecified atom stereocenters. The molecular formula is C22H37ClO.